The Morgan fingerprint density at radius 1 is 1.25 bits per heavy atom. The predicted molar refractivity (Wildman–Crippen MR) is 112 cm³/mol. The Morgan fingerprint density at radius 2 is 2.00 bits per heavy atom. The number of aromatic amines is 1. The van der Waals surface area contributed by atoms with Crippen molar-refractivity contribution in [3.05, 3.63) is 42.4 Å². The maximum Gasteiger partial charge on any atom is 0.239 e. The van der Waals surface area contributed by atoms with Crippen molar-refractivity contribution in [2.24, 2.45) is 4.99 Å². The molecule has 3 N–H and O–H groups in total. The lowest BCUT2D eigenvalue weighted by atomic mass is 9.95. The summed E-state index contributed by atoms with van der Waals surface area (Å²) in [5.74, 6) is 1.53. The molecule has 0 bridgehead atoms. The third kappa shape index (κ3) is 5.58. The van der Waals surface area contributed by atoms with Gasteiger partial charge in [-0.3, -0.25) is 9.79 Å². The molecule has 7 nitrogen and oxygen atoms in total. The van der Waals surface area contributed by atoms with Crippen molar-refractivity contribution in [3.63, 3.8) is 0 Å². The summed E-state index contributed by atoms with van der Waals surface area (Å²) < 4.78 is 0. The van der Waals surface area contributed by atoms with E-state index in [1.807, 2.05) is 48.5 Å². The number of carbonyl (C=O) groups excluding carboxylic acids is 1. The Morgan fingerprint density at radius 3 is 2.71 bits per heavy atom. The molecular weight excluding hydrogens is 352 g/mol. The van der Waals surface area contributed by atoms with Crippen LogP contribution in [0.1, 0.15) is 37.9 Å². The van der Waals surface area contributed by atoms with Crippen molar-refractivity contribution >= 4 is 11.9 Å². The summed E-state index contributed by atoms with van der Waals surface area (Å²) in [4.78, 5) is 26.2. The number of hydrogen-bond donors (Lipinski definition) is 3. The molecule has 0 unspecified atom stereocenters. The van der Waals surface area contributed by atoms with E-state index in [0.29, 0.717) is 18.5 Å². The molecule has 0 saturated heterocycles. The molecule has 2 aromatic rings. The van der Waals surface area contributed by atoms with Gasteiger partial charge in [-0.15, -0.1) is 0 Å². The highest BCUT2D eigenvalue weighted by Gasteiger charge is 2.16. The Balaban J connectivity index is 1.49. The van der Waals surface area contributed by atoms with Crippen molar-refractivity contribution in [1.82, 2.24) is 25.5 Å². The molecule has 0 radical (unpaired) electrons. The van der Waals surface area contributed by atoms with Gasteiger partial charge in [0.25, 0.3) is 0 Å². The molecule has 0 spiro atoms. The number of nitrogens with zero attached hydrogens (tertiary/aromatic N) is 3. The third-order valence-corrected chi connectivity index (χ3v) is 5.05. The molecule has 0 atom stereocenters. The lowest BCUT2D eigenvalue weighted by Crippen LogP contribution is -2.46. The normalized spacial score (nSPS) is 15.3. The van der Waals surface area contributed by atoms with Crippen LogP contribution in [0.15, 0.2) is 41.5 Å². The molecule has 1 fully saturated rings. The number of H-pyrrole nitrogens is 1. The average molecular weight is 383 g/mol. The molecule has 1 amide bonds. The van der Waals surface area contributed by atoms with Crippen molar-refractivity contribution in [1.29, 1.82) is 0 Å². The quantitative estimate of drug-likeness (QED) is 0.529. The fourth-order valence-electron chi connectivity index (χ4n) is 3.58. The first-order valence-electron chi connectivity index (χ1n) is 9.96. The van der Waals surface area contributed by atoms with Gasteiger partial charge < -0.3 is 20.5 Å². The van der Waals surface area contributed by atoms with Crippen LogP contribution in [0.5, 0.6) is 0 Å². The van der Waals surface area contributed by atoms with Crippen molar-refractivity contribution < 1.29 is 4.79 Å². The molecule has 150 valence electrons. The second-order valence-electron chi connectivity index (χ2n) is 7.27. The second kappa shape index (κ2) is 9.92. The minimum atomic E-state index is 0.0193. The SMILES string of the molecule is CN=C(NCC(=O)NC1CCCCC1)N(C)Cc1ncc(-c2ccccc2)[nH]1. The summed E-state index contributed by atoms with van der Waals surface area (Å²) in [7, 11) is 3.65. The molecule has 0 aliphatic heterocycles. The molecule has 1 saturated carbocycles. The summed E-state index contributed by atoms with van der Waals surface area (Å²) in [5.41, 5.74) is 2.09. The van der Waals surface area contributed by atoms with Crippen molar-refractivity contribution in [2.45, 2.75) is 44.7 Å². The number of amides is 1. The van der Waals surface area contributed by atoms with Gasteiger partial charge in [-0.1, -0.05) is 49.6 Å². The predicted octanol–water partition coefficient (Wildman–Crippen LogP) is 2.53. The first kappa shape index (κ1) is 19.9. The van der Waals surface area contributed by atoms with Gasteiger partial charge in [0.15, 0.2) is 5.96 Å². The summed E-state index contributed by atoms with van der Waals surface area (Å²) in [5, 5.41) is 6.25. The van der Waals surface area contributed by atoms with E-state index in [2.05, 4.69) is 25.6 Å². The van der Waals surface area contributed by atoms with Crippen molar-refractivity contribution in [3.8, 4) is 11.3 Å². The van der Waals surface area contributed by atoms with Crippen LogP contribution >= 0.6 is 0 Å². The fourth-order valence-corrected chi connectivity index (χ4v) is 3.58. The number of hydrogen-bond acceptors (Lipinski definition) is 3. The molecule has 28 heavy (non-hydrogen) atoms. The van der Waals surface area contributed by atoms with Gasteiger partial charge in [0, 0.05) is 20.1 Å². The van der Waals surface area contributed by atoms with E-state index in [9.17, 15) is 4.79 Å². The highest BCUT2D eigenvalue weighted by Crippen LogP contribution is 2.17. The molecule has 3 rings (SSSR count). The van der Waals surface area contributed by atoms with E-state index in [0.717, 1.165) is 29.9 Å². The zero-order chi connectivity index (χ0) is 19.8. The first-order chi connectivity index (χ1) is 13.7. The van der Waals surface area contributed by atoms with Crippen LogP contribution in [0.3, 0.4) is 0 Å². The van der Waals surface area contributed by atoms with Gasteiger partial charge in [0.2, 0.25) is 5.91 Å². The van der Waals surface area contributed by atoms with Crippen molar-refractivity contribution in [2.75, 3.05) is 20.6 Å². The van der Waals surface area contributed by atoms with Gasteiger partial charge in [-0.25, -0.2) is 4.98 Å². The molecule has 1 aliphatic carbocycles. The number of rotatable bonds is 6. The minimum absolute atomic E-state index is 0.0193. The Labute approximate surface area is 166 Å². The number of nitrogens with one attached hydrogen (secondary N) is 3. The van der Waals surface area contributed by atoms with E-state index >= 15 is 0 Å². The van der Waals surface area contributed by atoms with Crippen LogP contribution in [-0.2, 0) is 11.3 Å². The zero-order valence-corrected chi connectivity index (χ0v) is 16.7. The number of aliphatic imine (C=N–C) groups is 1. The lowest BCUT2D eigenvalue weighted by molar-refractivity contribution is -0.120. The third-order valence-electron chi connectivity index (χ3n) is 5.05. The number of aromatic nitrogens is 2. The van der Waals surface area contributed by atoms with E-state index in [-0.39, 0.29) is 12.5 Å². The maximum absolute atomic E-state index is 12.2. The Kier molecular flexibility index (Phi) is 7.06. The highest BCUT2D eigenvalue weighted by molar-refractivity contribution is 5.86. The molecular formula is C21H30N6O. The van der Waals surface area contributed by atoms with E-state index in [1.165, 1.54) is 19.3 Å². The summed E-state index contributed by atoms with van der Waals surface area (Å²) >= 11 is 0. The van der Waals surface area contributed by atoms with E-state index < -0.39 is 0 Å². The Bertz CT molecular complexity index is 779. The summed E-state index contributed by atoms with van der Waals surface area (Å²) in [6.45, 7) is 0.789. The number of imidazole rings is 1. The standard InChI is InChI=1S/C21H30N6O/c1-22-21(24-14-20(28)25-17-11-7-4-8-12-17)27(2)15-19-23-13-18(26-19)16-9-5-3-6-10-16/h3,5-6,9-10,13,17H,4,7-8,11-12,14-15H2,1-2H3,(H,22,24)(H,23,26)(H,25,28). The smallest absolute Gasteiger partial charge is 0.239 e. The minimum Gasteiger partial charge on any atom is -0.352 e. The molecule has 1 heterocycles. The van der Waals surface area contributed by atoms with Crippen LogP contribution in [-0.4, -0.2) is 53.4 Å². The van der Waals surface area contributed by atoms with E-state index in [1.54, 1.807) is 7.05 Å². The molecule has 1 aromatic carbocycles. The molecule has 1 aromatic heterocycles. The zero-order valence-electron chi connectivity index (χ0n) is 16.7. The largest absolute Gasteiger partial charge is 0.352 e. The van der Waals surface area contributed by atoms with Crippen LogP contribution in [0.25, 0.3) is 11.3 Å². The summed E-state index contributed by atoms with van der Waals surface area (Å²) in [6, 6.07) is 10.4. The fraction of sp³-hybridized carbons (Fsp3) is 0.476. The second-order valence-corrected chi connectivity index (χ2v) is 7.27. The van der Waals surface area contributed by atoms with Gasteiger partial charge in [-0.05, 0) is 18.4 Å². The topological polar surface area (TPSA) is 85.4 Å². The van der Waals surface area contributed by atoms with Crippen LogP contribution in [0, 0.1) is 0 Å². The van der Waals surface area contributed by atoms with Gasteiger partial charge in [0.05, 0.1) is 25.0 Å². The van der Waals surface area contributed by atoms with Crippen LogP contribution in [0.4, 0.5) is 0 Å². The van der Waals surface area contributed by atoms with Gasteiger partial charge >= 0.3 is 0 Å². The lowest BCUT2D eigenvalue weighted by Gasteiger charge is -2.24. The van der Waals surface area contributed by atoms with Crippen LogP contribution < -0.4 is 10.6 Å². The molecule has 1 aliphatic rings. The monoisotopic (exact) mass is 382 g/mol. The number of carbonyl (C=O) groups is 1. The number of guanidine groups is 1. The Hall–Kier alpha value is -2.83. The maximum atomic E-state index is 12.2. The molecule has 7 heteroatoms. The van der Waals surface area contributed by atoms with E-state index in [4.69, 9.17) is 0 Å². The van der Waals surface area contributed by atoms with Gasteiger partial charge in [-0.2, -0.15) is 0 Å². The number of benzene rings is 1. The van der Waals surface area contributed by atoms with Gasteiger partial charge in [0.1, 0.15) is 5.82 Å². The summed E-state index contributed by atoms with van der Waals surface area (Å²) in [6.07, 6.45) is 7.70. The van der Waals surface area contributed by atoms with Crippen LogP contribution in [0.2, 0.25) is 0 Å². The first-order valence-corrected chi connectivity index (χ1v) is 9.96. The average Bonchev–Trinajstić information content (AvgIpc) is 3.18. The highest BCUT2D eigenvalue weighted by atomic mass is 16.2.